The Morgan fingerprint density at radius 3 is 2.72 bits per heavy atom. The fourth-order valence-corrected chi connectivity index (χ4v) is 4.18. The zero-order valence-corrected chi connectivity index (χ0v) is 16.6. The number of halogens is 1. The Balaban J connectivity index is 1.68. The van der Waals surface area contributed by atoms with E-state index in [4.69, 9.17) is 26.4 Å². The van der Waals surface area contributed by atoms with Crippen LogP contribution in [0.4, 0.5) is 5.95 Å². The zero-order valence-electron chi connectivity index (χ0n) is 15.9. The van der Waals surface area contributed by atoms with Crippen LogP contribution in [0.3, 0.4) is 0 Å². The van der Waals surface area contributed by atoms with Crippen molar-refractivity contribution >= 4 is 23.3 Å². The molecular formula is C22H19ClN4O2. The molecule has 0 fully saturated rings. The van der Waals surface area contributed by atoms with E-state index in [1.54, 1.807) is 11.8 Å². The van der Waals surface area contributed by atoms with Gasteiger partial charge in [0.1, 0.15) is 11.8 Å². The Labute approximate surface area is 173 Å². The van der Waals surface area contributed by atoms with E-state index in [-0.39, 0.29) is 11.8 Å². The number of carbonyl (C=O) groups is 1. The summed E-state index contributed by atoms with van der Waals surface area (Å²) in [5, 5.41) is 8.78. The van der Waals surface area contributed by atoms with Crippen LogP contribution in [-0.2, 0) is 4.79 Å². The first-order valence-electron chi connectivity index (χ1n) is 9.54. The molecule has 6 nitrogen and oxygen atoms in total. The Hall–Kier alpha value is -3.12. The summed E-state index contributed by atoms with van der Waals surface area (Å²) in [7, 11) is 1.63. The van der Waals surface area contributed by atoms with Gasteiger partial charge in [0.25, 0.3) is 0 Å². The van der Waals surface area contributed by atoms with Crippen molar-refractivity contribution in [1.82, 2.24) is 14.8 Å². The average Bonchev–Trinajstić information content (AvgIpc) is 3.16. The smallest absolute Gasteiger partial charge is 0.226 e. The van der Waals surface area contributed by atoms with Gasteiger partial charge in [0.2, 0.25) is 5.95 Å². The lowest BCUT2D eigenvalue weighted by Crippen LogP contribution is -2.31. The molecule has 1 aliphatic heterocycles. The number of carbonyl (C=O) groups excluding carboxylic acids is 1. The molecule has 2 aliphatic rings. The number of nitrogens with one attached hydrogen (secondary N) is 1. The molecule has 3 aromatic rings. The molecule has 1 atom stereocenters. The molecule has 146 valence electrons. The molecule has 2 heterocycles. The van der Waals surface area contributed by atoms with Crippen molar-refractivity contribution < 1.29 is 9.53 Å². The second-order valence-electron chi connectivity index (χ2n) is 7.15. The molecule has 0 radical (unpaired) electrons. The highest BCUT2D eigenvalue weighted by Crippen LogP contribution is 2.41. The van der Waals surface area contributed by atoms with Crippen LogP contribution in [0.2, 0.25) is 5.02 Å². The molecule has 2 aromatic carbocycles. The first-order valence-corrected chi connectivity index (χ1v) is 9.92. The van der Waals surface area contributed by atoms with Gasteiger partial charge in [-0.15, -0.1) is 5.10 Å². The Morgan fingerprint density at radius 1 is 1.14 bits per heavy atom. The van der Waals surface area contributed by atoms with Crippen molar-refractivity contribution in [3.63, 3.8) is 0 Å². The van der Waals surface area contributed by atoms with Crippen molar-refractivity contribution in [1.29, 1.82) is 0 Å². The van der Waals surface area contributed by atoms with Crippen LogP contribution in [0.1, 0.15) is 30.9 Å². The second kappa shape index (κ2) is 7.04. The van der Waals surface area contributed by atoms with Gasteiger partial charge in [-0.25, -0.2) is 4.68 Å². The van der Waals surface area contributed by atoms with Crippen LogP contribution < -0.4 is 10.1 Å². The van der Waals surface area contributed by atoms with Gasteiger partial charge in [0.15, 0.2) is 11.6 Å². The molecule has 1 N–H and O–H groups in total. The van der Waals surface area contributed by atoms with E-state index in [1.807, 2.05) is 48.5 Å². The third-order valence-corrected chi connectivity index (χ3v) is 5.65. The predicted molar refractivity (Wildman–Crippen MR) is 111 cm³/mol. The van der Waals surface area contributed by atoms with Crippen LogP contribution in [0.5, 0.6) is 5.75 Å². The van der Waals surface area contributed by atoms with Gasteiger partial charge >= 0.3 is 0 Å². The van der Waals surface area contributed by atoms with E-state index in [0.717, 1.165) is 35.2 Å². The van der Waals surface area contributed by atoms with E-state index in [9.17, 15) is 4.79 Å². The maximum atomic E-state index is 12.9. The Morgan fingerprint density at radius 2 is 1.93 bits per heavy atom. The minimum absolute atomic E-state index is 0.152. The molecule has 7 heteroatoms. The third kappa shape index (κ3) is 3.00. The van der Waals surface area contributed by atoms with Gasteiger partial charge in [-0.2, -0.15) is 4.98 Å². The van der Waals surface area contributed by atoms with E-state index in [1.165, 1.54) is 0 Å². The van der Waals surface area contributed by atoms with Gasteiger partial charge in [0.05, 0.1) is 12.7 Å². The molecule has 1 aromatic heterocycles. The van der Waals surface area contributed by atoms with E-state index in [0.29, 0.717) is 29.0 Å². The van der Waals surface area contributed by atoms with Crippen molar-refractivity contribution in [2.45, 2.75) is 25.3 Å². The molecule has 0 bridgehead atoms. The van der Waals surface area contributed by atoms with Crippen LogP contribution in [0, 0.1) is 0 Å². The number of hydrogen-bond acceptors (Lipinski definition) is 5. The highest BCUT2D eigenvalue weighted by atomic mass is 35.5. The van der Waals surface area contributed by atoms with Gasteiger partial charge < -0.3 is 10.1 Å². The number of fused-ring (bicyclic) bond motifs is 1. The lowest BCUT2D eigenvalue weighted by atomic mass is 9.85. The summed E-state index contributed by atoms with van der Waals surface area (Å²) < 4.78 is 7.28. The Kier molecular flexibility index (Phi) is 4.36. The molecule has 0 saturated carbocycles. The normalized spacial score (nSPS) is 18.1. The molecule has 0 amide bonds. The van der Waals surface area contributed by atoms with Gasteiger partial charge in [0, 0.05) is 22.7 Å². The van der Waals surface area contributed by atoms with Crippen molar-refractivity contribution in [2.75, 3.05) is 12.4 Å². The maximum Gasteiger partial charge on any atom is 0.226 e. The number of nitrogens with zero attached hydrogens (tertiary/aromatic N) is 3. The van der Waals surface area contributed by atoms with Gasteiger partial charge in [-0.3, -0.25) is 4.79 Å². The van der Waals surface area contributed by atoms with Crippen molar-refractivity contribution in [2.24, 2.45) is 0 Å². The van der Waals surface area contributed by atoms with Crippen LogP contribution in [0.25, 0.3) is 11.4 Å². The SMILES string of the molecule is COc1ccccc1-c1nc2n(n1)[C@@H](c1ccc(Cl)cc1)C1=C(CCCC1=O)N2. The molecule has 29 heavy (non-hydrogen) atoms. The quantitative estimate of drug-likeness (QED) is 0.686. The number of methoxy groups -OCH3 is 1. The van der Waals surface area contributed by atoms with E-state index < -0.39 is 0 Å². The number of rotatable bonds is 3. The molecule has 5 rings (SSSR count). The number of anilines is 1. The lowest BCUT2D eigenvalue weighted by Gasteiger charge is -2.32. The first kappa shape index (κ1) is 17.9. The van der Waals surface area contributed by atoms with Crippen LogP contribution in [0.15, 0.2) is 59.8 Å². The Bertz CT molecular complexity index is 1130. The van der Waals surface area contributed by atoms with E-state index in [2.05, 4.69) is 5.32 Å². The second-order valence-corrected chi connectivity index (χ2v) is 7.59. The number of hydrogen-bond donors (Lipinski definition) is 1. The van der Waals surface area contributed by atoms with Crippen LogP contribution >= 0.6 is 11.6 Å². The van der Waals surface area contributed by atoms with Crippen molar-refractivity contribution in [3.05, 3.63) is 70.4 Å². The highest BCUT2D eigenvalue weighted by Gasteiger charge is 2.37. The highest BCUT2D eigenvalue weighted by molar-refractivity contribution is 6.30. The summed E-state index contributed by atoms with van der Waals surface area (Å²) >= 11 is 6.09. The average molecular weight is 407 g/mol. The summed E-state index contributed by atoms with van der Waals surface area (Å²) in [4.78, 5) is 17.6. The molecule has 0 unspecified atom stereocenters. The lowest BCUT2D eigenvalue weighted by molar-refractivity contribution is -0.116. The third-order valence-electron chi connectivity index (χ3n) is 5.40. The zero-order chi connectivity index (χ0) is 20.0. The fourth-order valence-electron chi connectivity index (χ4n) is 4.05. The standard InChI is InChI=1S/C22H19ClN4O2/c1-29-18-8-3-2-5-15(18)21-25-22-24-16-6-4-7-17(28)19(16)20(27(22)26-21)13-9-11-14(23)12-10-13/h2-3,5,8-12,20H,4,6-7H2,1H3,(H,24,25,26)/t20-/m0/s1. The largest absolute Gasteiger partial charge is 0.496 e. The van der Waals surface area contributed by atoms with Crippen LogP contribution in [-0.4, -0.2) is 27.7 Å². The molecule has 1 aliphatic carbocycles. The topological polar surface area (TPSA) is 69.0 Å². The fraction of sp³-hybridized carbons (Fsp3) is 0.227. The predicted octanol–water partition coefficient (Wildman–Crippen LogP) is 4.63. The molecule has 0 saturated heterocycles. The van der Waals surface area contributed by atoms with Crippen molar-refractivity contribution in [3.8, 4) is 17.1 Å². The number of para-hydroxylation sites is 1. The summed E-state index contributed by atoms with van der Waals surface area (Å²) in [5.74, 6) is 2.03. The van der Waals surface area contributed by atoms with E-state index >= 15 is 0 Å². The molecule has 0 spiro atoms. The summed E-state index contributed by atoms with van der Waals surface area (Å²) in [6.07, 6.45) is 2.21. The summed E-state index contributed by atoms with van der Waals surface area (Å²) in [5.41, 5.74) is 3.46. The first-order chi connectivity index (χ1) is 14.2. The number of benzene rings is 2. The van der Waals surface area contributed by atoms with Gasteiger partial charge in [-0.1, -0.05) is 35.9 Å². The number of ether oxygens (including phenoxy) is 1. The van der Waals surface area contributed by atoms with Gasteiger partial charge in [-0.05, 0) is 42.7 Å². The summed E-state index contributed by atoms with van der Waals surface area (Å²) in [6.45, 7) is 0. The maximum absolute atomic E-state index is 12.9. The summed E-state index contributed by atoms with van der Waals surface area (Å²) in [6, 6.07) is 14.9. The number of allylic oxidation sites excluding steroid dienone is 2. The number of aromatic nitrogens is 3. The minimum atomic E-state index is -0.331. The number of ketones is 1. The molecular weight excluding hydrogens is 388 g/mol. The monoisotopic (exact) mass is 406 g/mol. The minimum Gasteiger partial charge on any atom is -0.496 e. The number of Topliss-reactive ketones (excluding diaryl/α,β-unsaturated/α-hetero) is 1.